The summed E-state index contributed by atoms with van der Waals surface area (Å²) in [7, 11) is 1.44. The van der Waals surface area contributed by atoms with Crippen LogP contribution in [0.1, 0.15) is 46.9 Å². The van der Waals surface area contributed by atoms with E-state index < -0.39 is 0 Å². The molecule has 0 fully saturated rings. The first kappa shape index (κ1) is 20.2. The lowest BCUT2D eigenvalue weighted by Crippen LogP contribution is -2.06. The molecule has 0 aliphatic heterocycles. The second kappa shape index (κ2) is 8.74. The number of aryl methyl sites for hydroxylation is 3. The van der Waals surface area contributed by atoms with Crippen molar-refractivity contribution in [2.75, 3.05) is 13.7 Å². The van der Waals surface area contributed by atoms with Crippen molar-refractivity contribution >= 4 is 5.97 Å². The third kappa shape index (κ3) is 4.40. The second-order valence-electron chi connectivity index (χ2n) is 7.86. The van der Waals surface area contributed by atoms with Gasteiger partial charge in [-0.1, -0.05) is 23.8 Å². The van der Waals surface area contributed by atoms with E-state index in [1.165, 1.54) is 23.8 Å². The van der Waals surface area contributed by atoms with Crippen LogP contribution in [0, 0.1) is 13.8 Å². The minimum Gasteiger partial charge on any atom is -0.493 e. The topological polar surface area (TPSA) is 61.6 Å². The van der Waals surface area contributed by atoms with Gasteiger partial charge >= 0.3 is 5.97 Å². The predicted molar refractivity (Wildman–Crippen MR) is 115 cm³/mol. The zero-order valence-corrected chi connectivity index (χ0v) is 17.7. The highest BCUT2D eigenvalue weighted by molar-refractivity contribution is 5.70. The maximum absolute atomic E-state index is 11.6. The average molecular weight is 405 g/mol. The van der Waals surface area contributed by atoms with E-state index in [1.807, 2.05) is 25.1 Å². The largest absolute Gasteiger partial charge is 0.493 e. The lowest BCUT2D eigenvalue weighted by molar-refractivity contribution is -0.141. The molecule has 30 heavy (non-hydrogen) atoms. The van der Waals surface area contributed by atoms with Crippen LogP contribution in [0.5, 0.6) is 5.75 Å². The summed E-state index contributed by atoms with van der Waals surface area (Å²) in [5, 5.41) is 0. The number of carbonyl (C=O) groups excluding carboxylic acids is 1. The minimum absolute atomic E-state index is 0.152. The quantitative estimate of drug-likeness (QED) is 0.507. The summed E-state index contributed by atoms with van der Waals surface area (Å²) >= 11 is 0. The van der Waals surface area contributed by atoms with Crippen molar-refractivity contribution in [1.82, 2.24) is 4.98 Å². The van der Waals surface area contributed by atoms with Gasteiger partial charge in [-0.2, -0.15) is 0 Å². The Labute approximate surface area is 177 Å². The van der Waals surface area contributed by atoms with Crippen LogP contribution in [0.2, 0.25) is 0 Å². The molecule has 1 unspecified atom stereocenters. The van der Waals surface area contributed by atoms with Gasteiger partial charge in [0.1, 0.15) is 11.5 Å². The van der Waals surface area contributed by atoms with Crippen LogP contribution in [-0.4, -0.2) is 24.7 Å². The standard InChI is InChI=1S/C25H27NO4/c1-16-4-6-18(7-5-16)25-26-23(17(2)30-25)12-13-29-21-10-11-22-19(14-21)8-9-20(22)15-24(27)28-3/h4-7,10-11,14,20H,8-9,12-13,15H2,1-3H3. The van der Waals surface area contributed by atoms with Crippen LogP contribution < -0.4 is 4.74 Å². The van der Waals surface area contributed by atoms with Crippen LogP contribution in [0.3, 0.4) is 0 Å². The molecule has 0 spiro atoms. The molecule has 0 saturated heterocycles. The molecule has 5 nitrogen and oxygen atoms in total. The number of oxazole rings is 1. The minimum atomic E-state index is -0.152. The first-order valence-corrected chi connectivity index (χ1v) is 10.4. The monoisotopic (exact) mass is 405 g/mol. The van der Waals surface area contributed by atoms with Crippen molar-refractivity contribution in [2.24, 2.45) is 0 Å². The van der Waals surface area contributed by atoms with Crippen LogP contribution >= 0.6 is 0 Å². The lowest BCUT2D eigenvalue weighted by atomic mass is 9.98. The Morgan fingerprint density at radius 3 is 2.73 bits per heavy atom. The van der Waals surface area contributed by atoms with Gasteiger partial charge in [0.05, 0.1) is 25.8 Å². The van der Waals surface area contributed by atoms with Gasteiger partial charge in [-0.3, -0.25) is 4.79 Å². The van der Waals surface area contributed by atoms with Gasteiger partial charge < -0.3 is 13.9 Å². The molecule has 0 bridgehead atoms. The molecule has 5 heteroatoms. The van der Waals surface area contributed by atoms with E-state index >= 15 is 0 Å². The highest BCUT2D eigenvalue weighted by atomic mass is 16.5. The Bertz CT molecular complexity index is 1040. The molecule has 0 saturated carbocycles. The van der Waals surface area contributed by atoms with Crippen molar-refractivity contribution in [3.63, 3.8) is 0 Å². The predicted octanol–water partition coefficient (Wildman–Crippen LogP) is 5.17. The maximum atomic E-state index is 11.6. The fourth-order valence-electron chi connectivity index (χ4n) is 4.01. The molecule has 0 amide bonds. The van der Waals surface area contributed by atoms with E-state index in [4.69, 9.17) is 13.9 Å². The third-order valence-electron chi connectivity index (χ3n) is 5.76. The van der Waals surface area contributed by atoms with E-state index in [1.54, 1.807) is 0 Å². The number of hydrogen-bond acceptors (Lipinski definition) is 5. The first-order chi connectivity index (χ1) is 14.5. The van der Waals surface area contributed by atoms with E-state index in [0.717, 1.165) is 35.6 Å². The molecule has 1 aromatic heterocycles. The molecule has 1 heterocycles. The highest BCUT2D eigenvalue weighted by Crippen LogP contribution is 2.37. The summed E-state index contributed by atoms with van der Waals surface area (Å²) in [6.07, 6.45) is 3.08. The van der Waals surface area contributed by atoms with E-state index in [9.17, 15) is 4.79 Å². The molecule has 156 valence electrons. The summed E-state index contributed by atoms with van der Waals surface area (Å²) in [6.45, 7) is 4.54. The molecule has 3 aromatic rings. The average Bonchev–Trinajstić information content (AvgIpc) is 3.31. The number of rotatable bonds is 7. The molecule has 1 aliphatic rings. The van der Waals surface area contributed by atoms with Gasteiger partial charge in [-0.05, 0) is 68.0 Å². The number of benzene rings is 2. The van der Waals surface area contributed by atoms with Gasteiger partial charge in [0.25, 0.3) is 0 Å². The number of methoxy groups -OCH3 is 1. The molecular weight excluding hydrogens is 378 g/mol. The molecule has 2 aromatic carbocycles. The van der Waals surface area contributed by atoms with Crippen molar-refractivity contribution in [2.45, 2.75) is 45.4 Å². The second-order valence-corrected chi connectivity index (χ2v) is 7.86. The highest BCUT2D eigenvalue weighted by Gasteiger charge is 2.25. The molecule has 0 N–H and O–H groups in total. The number of esters is 1. The van der Waals surface area contributed by atoms with E-state index in [0.29, 0.717) is 25.3 Å². The SMILES string of the molecule is COC(=O)CC1CCc2cc(OCCc3nc(-c4ccc(C)cc4)oc3C)ccc21. The van der Waals surface area contributed by atoms with Crippen molar-refractivity contribution < 1.29 is 18.7 Å². The molecule has 0 radical (unpaired) electrons. The van der Waals surface area contributed by atoms with Gasteiger partial charge in [-0.25, -0.2) is 4.98 Å². The third-order valence-corrected chi connectivity index (χ3v) is 5.76. The number of hydrogen-bond donors (Lipinski definition) is 0. The molecule has 1 aliphatic carbocycles. The Morgan fingerprint density at radius 2 is 1.97 bits per heavy atom. The van der Waals surface area contributed by atoms with E-state index in [-0.39, 0.29) is 11.9 Å². The van der Waals surface area contributed by atoms with Gasteiger partial charge in [0.15, 0.2) is 0 Å². The Hall–Kier alpha value is -3.08. The molecule has 1 atom stereocenters. The summed E-state index contributed by atoms with van der Waals surface area (Å²) in [5.41, 5.74) is 5.62. The van der Waals surface area contributed by atoms with Crippen LogP contribution in [0.4, 0.5) is 0 Å². The number of ether oxygens (including phenoxy) is 2. The smallest absolute Gasteiger partial charge is 0.306 e. The van der Waals surface area contributed by atoms with Gasteiger partial charge in [0, 0.05) is 12.0 Å². The number of carbonyl (C=O) groups is 1. The van der Waals surface area contributed by atoms with Crippen molar-refractivity contribution in [1.29, 1.82) is 0 Å². The van der Waals surface area contributed by atoms with E-state index in [2.05, 4.69) is 36.2 Å². The Kier molecular flexibility index (Phi) is 5.88. The van der Waals surface area contributed by atoms with Crippen LogP contribution in [-0.2, 0) is 22.4 Å². The normalized spacial score (nSPS) is 15.1. The van der Waals surface area contributed by atoms with Crippen molar-refractivity contribution in [3.05, 3.63) is 70.6 Å². The van der Waals surface area contributed by atoms with Gasteiger partial charge in [0.2, 0.25) is 5.89 Å². The zero-order chi connectivity index (χ0) is 21.1. The summed E-state index contributed by atoms with van der Waals surface area (Å²) in [5.74, 6) is 2.43. The van der Waals surface area contributed by atoms with Crippen LogP contribution in [0.25, 0.3) is 11.5 Å². The summed E-state index contributed by atoms with van der Waals surface area (Å²) in [6, 6.07) is 14.3. The Morgan fingerprint density at radius 1 is 1.17 bits per heavy atom. The maximum Gasteiger partial charge on any atom is 0.306 e. The number of nitrogens with zero attached hydrogens (tertiary/aromatic N) is 1. The molecule has 4 rings (SSSR count). The number of fused-ring (bicyclic) bond motifs is 1. The fourth-order valence-corrected chi connectivity index (χ4v) is 4.01. The first-order valence-electron chi connectivity index (χ1n) is 10.4. The Balaban J connectivity index is 1.36. The summed E-state index contributed by atoms with van der Waals surface area (Å²) < 4.78 is 16.7. The number of aromatic nitrogens is 1. The lowest BCUT2D eigenvalue weighted by Gasteiger charge is -2.11. The fraction of sp³-hybridized carbons (Fsp3) is 0.360. The zero-order valence-electron chi connectivity index (χ0n) is 17.7. The van der Waals surface area contributed by atoms with Gasteiger partial charge in [-0.15, -0.1) is 0 Å². The van der Waals surface area contributed by atoms with Crippen LogP contribution in [0.15, 0.2) is 46.9 Å². The molecular formula is C25H27NO4. The summed E-state index contributed by atoms with van der Waals surface area (Å²) in [4.78, 5) is 16.2. The van der Waals surface area contributed by atoms with Crippen molar-refractivity contribution in [3.8, 4) is 17.2 Å².